The van der Waals surface area contributed by atoms with Crippen LogP contribution in [-0.4, -0.2) is 39.6 Å². The normalized spacial score (nSPS) is 16.7. The van der Waals surface area contributed by atoms with Crippen molar-refractivity contribution in [1.82, 2.24) is 9.97 Å². The number of nitrogens with one attached hydrogen (secondary N) is 2. The number of anilines is 3. The van der Waals surface area contributed by atoms with Crippen molar-refractivity contribution >= 4 is 51.7 Å². The fraction of sp³-hybridized carbons (Fsp3) is 0.273. The molecular formula is C22H21N5O2S. The van der Waals surface area contributed by atoms with Gasteiger partial charge < -0.3 is 10.6 Å². The van der Waals surface area contributed by atoms with Crippen molar-refractivity contribution in [3.63, 3.8) is 0 Å². The van der Waals surface area contributed by atoms with E-state index in [0.717, 1.165) is 29.6 Å². The first-order valence-corrected chi connectivity index (χ1v) is 10.9. The summed E-state index contributed by atoms with van der Waals surface area (Å²) >= 11 is 1.31. The quantitative estimate of drug-likeness (QED) is 0.485. The molecule has 5 rings (SSSR count). The van der Waals surface area contributed by atoms with Crippen LogP contribution in [0.15, 0.2) is 53.7 Å². The minimum absolute atomic E-state index is 0.00775. The van der Waals surface area contributed by atoms with Crippen LogP contribution in [0.2, 0.25) is 0 Å². The number of aromatic nitrogens is 2. The lowest BCUT2D eigenvalue weighted by atomic mass is 10.2. The Bertz CT molecular complexity index is 1150. The van der Waals surface area contributed by atoms with Crippen LogP contribution in [0.1, 0.15) is 19.8 Å². The molecule has 1 aliphatic heterocycles. The van der Waals surface area contributed by atoms with Gasteiger partial charge in [-0.2, -0.15) is 0 Å². The molecule has 2 aliphatic rings. The fourth-order valence-corrected chi connectivity index (χ4v) is 4.34. The van der Waals surface area contributed by atoms with Gasteiger partial charge in [0.2, 0.25) is 11.8 Å². The number of nitrogens with zero attached hydrogens (tertiary/aromatic N) is 3. The average Bonchev–Trinajstić information content (AvgIpc) is 3.56. The molecule has 0 saturated heterocycles. The summed E-state index contributed by atoms with van der Waals surface area (Å²) in [6, 6.07) is 15.7. The first kappa shape index (κ1) is 18.9. The zero-order chi connectivity index (χ0) is 20.7. The van der Waals surface area contributed by atoms with E-state index in [4.69, 9.17) is 4.98 Å². The molecule has 30 heavy (non-hydrogen) atoms. The SMILES string of the molecule is C[C@H](Sc1nc(NC2CC2)c2ccccc2n1)C(=O)N1CC(=O)Nc2ccccc21. The third-order valence-corrected chi connectivity index (χ3v) is 6.12. The van der Waals surface area contributed by atoms with Crippen LogP contribution in [0, 0.1) is 0 Å². The van der Waals surface area contributed by atoms with Crippen LogP contribution in [0.3, 0.4) is 0 Å². The molecule has 2 aromatic carbocycles. The van der Waals surface area contributed by atoms with Crippen molar-refractivity contribution in [2.24, 2.45) is 0 Å². The summed E-state index contributed by atoms with van der Waals surface area (Å²) in [5, 5.41) is 7.37. The van der Waals surface area contributed by atoms with Gasteiger partial charge in [-0.25, -0.2) is 9.97 Å². The maximum Gasteiger partial charge on any atom is 0.244 e. The van der Waals surface area contributed by atoms with Crippen LogP contribution in [-0.2, 0) is 9.59 Å². The molecule has 0 spiro atoms. The zero-order valence-corrected chi connectivity index (χ0v) is 17.3. The van der Waals surface area contributed by atoms with Gasteiger partial charge >= 0.3 is 0 Å². The van der Waals surface area contributed by atoms with E-state index < -0.39 is 5.25 Å². The predicted octanol–water partition coefficient (Wildman–Crippen LogP) is 3.67. The number of fused-ring (bicyclic) bond motifs is 2. The summed E-state index contributed by atoms with van der Waals surface area (Å²) in [4.78, 5) is 36.2. The molecule has 0 radical (unpaired) electrons. The maximum absolute atomic E-state index is 13.2. The number of rotatable bonds is 5. The van der Waals surface area contributed by atoms with E-state index in [2.05, 4.69) is 15.6 Å². The molecule has 2 amide bonds. The van der Waals surface area contributed by atoms with Crippen LogP contribution in [0.25, 0.3) is 10.9 Å². The van der Waals surface area contributed by atoms with Gasteiger partial charge in [0.15, 0.2) is 5.16 Å². The van der Waals surface area contributed by atoms with E-state index in [1.54, 1.807) is 6.07 Å². The number of amides is 2. The molecule has 1 aliphatic carbocycles. The van der Waals surface area contributed by atoms with Gasteiger partial charge in [0.1, 0.15) is 12.4 Å². The number of carbonyl (C=O) groups is 2. The van der Waals surface area contributed by atoms with Crippen LogP contribution >= 0.6 is 11.8 Å². The van der Waals surface area contributed by atoms with Crippen molar-refractivity contribution in [1.29, 1.82) is 0 Å². The monoisotopic (exact) mass is 419 g/mol. The molecule has 3 aromatic rings. The number of thioether (sulfide) groups is 1. The zero-order valence-electron chi connectivity index (χ0n) is 16.5. The van der Waals surface area contributed by atoms with Crippen LogP contribution in [0.5, 0.6) is 0 Å². The van der Waals surface area contributed by atoms with Crippen molar-refractivity contribution in [3.8, 4) is 0 Å². The highest BCUT2D eigenvalue weighted by Gasteiger charge is 2.31. The van der Waals surface area contributed by atoms with Crippen molar-refractivity contribution in [2.45, 2.75) is 36.2 Å². The lowest BCUT2D eigenvalue weighted by Crippen LogP contribution is -2.45. The molecule has 8 heteroatoms. The average molecular weight is 420 g/mol. The lowest BCUT2D eigenvalue weighted by Gasteiger charge is -2.30. The Morgan fingerprint density at radius 2 is 1.93 bits per heavy atom. The maximum atomic E-state index is 13.2. The van der Waals surface area contributed by atoms with Crippen LogP contribution < -0.4 is 15.5 Å². The van der Waals surface area contributed by atoms with Gasteiger partial charge in [-0.3, -0.25) is 14.5 Å². The Balaban J connectivity index is 1.41. The second-order valence-corrected chi connectivity index (χ2v) is 8.85. The van der Waals surface area contributed by atoms with Crippen molar-refractivity contribution in [3.05, 3.63) is 48.5 Å². The molecular weight excluding hydrogens is 398 g/mol. The van der Waals surface area contributed by atoms with E-state index in [1.165, 1.54) is 16.7 Å². The highest BCUT2D eigenvalue weighted by atomic mass is 32.2. The molecule has 2 heterocycles. The van der Waals surface area contributed by atoms with Gasteiger partial charge in [-0.05, 0) is 44.0 Å². The number of hydrogen-bond donors (Lipinski definition) is 2. The Labute approximate surface area is 178 Å². The summed E-state index contributed by atoms with van der Waals surface area (Å²) in [5.41, 5.74) is 2.21. The van der Waals surface area contributed by atoms with Crippen molar-refractivity contribution in [2.75, 3.05) is 22.1 Å². The number of para-hydroxylation sites is 3. The van der Waals surface area contributed by atoms with Crippen molar-refractivity contribution < 1.29 is 9.59 Å². The summed E-state index contributed by atoms with van der Waals surface area (Å²) in [6.07, 6.45) is 2.29. The second-order valence-electron chi connectivity index (χ2n) is 7.54. The Morgan fingerprint density at radius 3 is 2.77 bits per heavy atom. The highest BCUT2D eigenvalue weighted by Crippen LogP contribution is 2.33. The van der Waals surface area contributed by atoms with E-state index in [1.807, 2.05) is 49.4 Å². The Kier molecular flexibility index (Phi) is 4.78. The number of benzene rings is 2. The Hall–Kier alpha value is -3.13. The largest absolute Gasteiger partial charge is 0.367 e. The van der Waals surface area contributed by atoms with Gasteiger partial charge in [0, 0.05) is 11.4 Å². The standard InChI is InChI=1S/C22H21N5O2S/c1-13(21(29)27-12-19(28)24-17-8-4-5-9-18(17)27)30-22-25-16-7-3-2-6-15(16)20(26-22)23-14-10-11-14/h2-9,13-14H,10-12H2,1H3,(H,24,28)(H,23,25,26)/t13-/m0/s1. The number of hydrogen-bond acceptors (Lipinski definition) is 6. The molecule has 1 fully saturated rings. The molecule has 1 saturated carbocycles. The highest BCUT2D eigenvalue weighted by molar-refractivity contribution is 8.00. The van der Waals surface area contributed by atoms with Gasteiger partial charge in [-0.1, -0.05) is 36.0 Å². The topological polar surface area (TPSA) is 87.2 Å². The Morgan fingerprint density at radius 1 is 1.17 bits per heavy atom. The summed E-state index contributed by atoms with van der Waals surface area (Å²) in [7, 11) is 0. The molecule has 0 unspecified atom stereocenters. The molecule has 152 valence electrons. The molecule has 2 N–H and O–H groups in total. The third-order valence-electron chi connectivity index (χ3n) is 5.17. The van der Waals surface area contributed by atoms with E-state index >= 15 is 0 Å². The first-order valence-electron chi connectivity index (χ1n) is 9.99. The van der Waals surface area contributed by atoms with Gasteiger partial charge in [-0.15, -0.1) is 0 Å². The third kappa shape index (κ3) is 3.70. The fourth-order valence-electron chi connectivity index (χ4n) is 3.50. The molecule has 0 bridgehead atoms. The second kappa shape index (κ2) is 7.60. The molecule has 1 aromatic heterocycles. The molecule has 1 atom stereocenters. The lowest BCUT2D eigenvalue weighted by molar-refractivity contribution is -0.121. The van der Waals surface area contributed by atoms with Gasteiger partial charge in [0.25, 0.3) is 0 Å². The van der Waals surface area contributed by atoms with E-state index in [0.29, 0.717) is 22.6 Å². The summed E-state index contributed by atoms with van der Waals surface area (Å²) in [6.45, 7) is 1.84. The van der Waals surface area contributed by atoms with E-state index in [9.17, 15) is 9.59 Å². The summed E-state index contributed by atoms with van der Waals surface area (Å²) < 4.78 is 0. The number of carbonyl (C=O) groups excluding carboxylic acids is 2. The van der Waals surface area contributed by atoms with Crippen LogP contribution in [0.4, 0.5) is 17.2 Å². The minimum Gasteiger partial charge on any atom is -0.367 e. The first-order chi connectivity index (χ1) is 14.6. The summed E-state index contributed by atoms with van der Waals surface area (Å²) in [5.74, 6) is 0.473. The predicted molar refractivity (Wildman–Crippen MR) is 119 cm³/mol. The van der Waals surface area contributed by atoms with E-state index in [-0.39, 0.29) is 18.4 Å². The minimum atomic E-state index is -0.445. The molecule has 7 nitrogen and oxygen atoms in total. The van der Waals surface area contributed by atoms with Gasteiger partial charge in [0.05, 0.1) is 22.1 Å². The smallest absolute Gasteiger partial charge is 0.244 e.